The smallest absolute Gasteiger partial charge is 0.255 e. The number of hydrogen-bond donors (Lipinski definition) is 2. The molecule has 4 aromatic carbocycles. The highest BCUT2D eigenvalue weighted by atomic mass is 16.1. The van der Waals surface area contributed by atoms with Crippen LogP contribution in [-0.2, 0) is 6.54 Å². The van der Waals surface area contributed by atoms with E-state index in [0.717, 1.165) is 58.6 Å². The molecule has 0 atom stereocenters. The van der Waals surface area contributed by atoms with Gasteiger partial charge in [-0.3, -0.25) is 4.79 Å². The van der Waals surface area contributed by atoms with Gasteiger partial charge in [-0.05, 0) is 74.5 Å². The molecule has 1 amide bonds. The molecule has 5 rings (SSSR count). The van der Waals surface area contributed by atoms with Crippen LogP contribution in [0.1, 0.15) is 34.8 Å². The lowest BCUT2D eigenvalue weighted by Crippen LogP contribution is -2.19. The number of nitrogens with zero attached hydrogens (tertiary/aromatic N) is 3. The summed E-state index contributed by atoms with van der Waals surface area (Å²) >= 11 is 0. The standard InChI is InChI=1S/C33H33N5O/c1-4-20-38(3)22-24-15-14-23(2)30(21-24)35-32(39)26-16-18-27(19-17-26)34-33-36-29-13-9-8-12-28(29)31(37-33)25-10-6-5-7-11-25/h5-19,21H,4,20,22H2,1-3H3,(H,35,39)(H,34,36,37). The summed E-state index contributed by atoms with van der Waals surface area (Å²) in [6.07, 6.45) is 1.11. The van der Waals surface area contributed by atoms with Crippen molar-refractivity contribution in [3.05, 3.63) is 114 Å². The Morgan fingerprint density at radius 3 is 2.38 bits per heavy atom. The fraction of sp³-hybridized carbons (Fsp3) is 0.182. The summed E-state index contributed by atoms with van der Waals surface area (Å²) in [5, 5.41) is 7.39. The van der Waals surface area contributed by atoms with Crippen molar-refractivity contribution in [3.8, 4) is 11.3 Å². The summed E-state index contributed by atoms with van der Waals surface area (Å²) in [6, 6.07) is 31.7. The van der Waals surface area contributed by atoms with Crippen LogP contribution in [-0.4, -0.2) is 34.4 Å². The van der Waals surface area contributed by atoms with Gasteiger partial charge < -0.3 is 15.5 Å². The molecule has 2 N–H and O–H groups in total. The van der Waals surface area contributed by atoms with Crippen LogP contribution in [0.3, 0.4) is 0 Å². The highest BCUT2D eigenvalue weighted by Crippen LogP contribution is 2.28. The minimum Gasteiger partial charge on any atom is -0.324 e. The molecule has 0 radical (unpaired) electrons. The molecule has 0 fully saturated rings. The van der Waals surface area contributed by atoms with E-state index >= 15 is 0 Å². The predicted octanol–water partition coefficient (Wildman–Crippen LogP) is 7.44. The lowest BCUT2D eigenvalue weighted by atomic mass is 10.1. The molecule has 6 nitrogen and oxygen atoms in total. The van der Waals surface area contributed by atoms with E-state index in [1.807, 2.05) is 85.8 Å². The van der Waals surface area contributed by atoms with Gasteiger partial charge in [-0.15, -0.1) is 0 Å². The first-order valence-electron chi connectivity index (χ1n) is 13.3. The summed E-state index contributed by atoms with van der Waals surface area (Å²) in [5.41, 5.74) is 7.20. The molecule has 196 valence electrons. The van der Waals surface area contributed by atoms with Gasteiger partial charge in [-0.1, -0.05) is 67.6 Å². The minimum absolute atomic E-state index is 0.142. The van der Waals surface area contributed by atoms with E-state index in [1.165, 1.54) is 5.56 Å². The number of nitrogens with one attached hydrogen (secondary N) is 2. The molecule has 1 aromatic heterocycles. The van der Waals surface area contributed by atoms with Crippen molar-refractivity contribution in [1.82, 2.24) is 14.9 Å². The largest absolute Gasteiger partial charge is 0.324 e. The summed E-state index contributed by atoms with van der Waals surface area (Å²) in [7, 11) is 2.11. The maximum absolute atomic E-state index is 13.1. The van der Waals surface area contributed by atoms with Crippen LogP contribution in [0, 0.1) is 6.92 Å². The number of benzene rings is 4. The van der Waals surface area contributed by atoms with Crippen LogP contribution < -0.4 is 10.6 Å². The molecule has 0 saturated carbocycles. The van der Waals surface area contributed by atoms with Crippen LogP contribution in [0.25, 0.3) is 22.2 Å². The van der Waals surface area contributed by atoms with E-state index in [9.17, 15) is 4.79 Å². The first kappa shape index (κ1) is 26.1. The molecule has 0 aliphatic heterocycles. The SMILES string of the molecule is CCCN(C)Cc1ccc(C)c(NC(=O)c2ccc(Nc3nc(-c4ccccc4)c4ccccc4n3)cc2)c1. The number of amides is 1. The lowest BCUT2D eigenvalue weighted by Gasteiger charge is -2.17. The van der Waals surface area contributed by atoms with Gasteiger partial charge in [0.1, 0.15) is 0 Å². The van der Waals surface area contributed by atoms with Gasteiger partial charge in [0, 0.05) is 34.4 Å². The zero-order valence-corrected chi connectivity index (χ0v) is 22.6. The van der Waals surface area contributed by atoms with E-state index in [0.29, 0.717) is 11.5 Å². The second kappa shape index (κ2) is 11.9. The van der Waals surface area contributed by atoms with Crippen molar-refractivity contribution in [2.75, 3.05) is 24.2 Å². The fourth-order valence-corrected chi connectivity index (χ4v) is 4.65. The van der Waals surface area contributed by atoms with E-state index in [1.54, 1.807) is 0 Å². The monoisotopic (exact) mass is 515 g/mol. The second-order valence-electron chi connectivity index (χ2n) is 9.82. The van der Waals surface area contributed by atoms with Crippen molar-refractivity contribution in [2.24, 2.45) is 0 Å². The van der Waals surface area contributed by atoms with Gasteiger partial charge in [0.25, 0.3) is 5.91 Å². The number of fused-ring (bicyclic) bond motifs is 1. The molecule has 0 aliphatic rings. The first-order chi connectivity index (χ1) is 19.0. The van der Waals surface area contributed by atoms with Crippen LogP contribution in [0.2, 0.25) is 0 Å². The topological polar surface area (TPSA) is 70.2 Å². The molecule has 0 aliphatic carbocycles. The van der Waals surface area contributed by atoms with Gasteiger partial charge in [0.2, 0.25) is 5.95 Å². The quantitative estimate of drug-likeness (QED) is 0.213. The van der Waals surface area contributed by atoms with Crippen molar-refractivity contribution < 1.29 is 4.79 Å². The van der Waals surface area contributed by atoms with Crippen LogP contribution >= 0.6 is 0 Å². The Bertz CT molecular complexity index is 1580. The number of aromatic nitrogens is 2. The number of anilines is 3. The Balaban J connectivity index is 1.32. The molecule has 0 spiro atoms. The van der Waals surface area contributed by atoms with E-state index in [-0.39, 0.29) is 5.91 Å². The second-order valence-corrected chi connectivity index (χ2v) is 9.82. The highest BCUT2D eigenvalue weighted by molar-refractivity contribution is 6.05. The molecule has 0 bridgehead atoms. The predicted molar refractivity (Wildman–Crippen MR) is 160 cm³/mol. The van der Waals surface area contributed by atoms with Crippen LogP contribution in [0.15, 0.2) is 97.1 Å². The molecular formula is C33H33N5O. The van der Waals surface area contributed by atoms with Crippen LogP contribution in [0.4, 0.5) is 17.3 Å². The number of hydrogen-bond acceptors (Lipinski definition) is 5. The number of aryl methyl sites for hydroxylation is 1. The Morgan fingerprint density at radius 2 is 1.62 bits per heavy atom. The van der Waals surface area contributed by atoms with Crippen molar-refractivity contribution in [1.29, 1.82) is 0 Å². The maximum Gasteiger partial charge on any atom is 0.255 e. The van der Waals surface area contributed by atoms with E-state index in [2.05, 4.69) is 47.7 Å². The average molecular weight is 516 g/mol. The van der Waals surface area contributed by atoms with Crippen molar-refractivity contribution in [3.63, 3.8) is 0 Å². The summed E-state index contributed by atoms with van der Waals surface area (Å²) in [5.74, 6) is 0.363. The number of carbonyl (C=O) groups is 1. The molecule has 0 unspecified atom stereocenters. The van der Waals surface area contributed by atoms with Gasteiger partial charge in [0.05, 0.1) is 11.2 Å². The summed E-state index contributed by atoms with van der Waals surface area (Å²) in [6.45, 7) is 6.07. The zero-order valence-electron chi connectivity index (χ0n) is 22.6. The molecule has 39 heavy (non-hydrogen) atoms. The third-order valence-electron chi connectivity index (χ3n) is 6.66. The number of rotatable bonds is 9. The van der Waals surface area contributed by atoms with Gasteiger partial charge >= 0.3 is 0 Å². The average Bonchev–Trinajstić information content (AvgIpc) is 2.95. The summed E-state index contributed by atoms with van der Waals surface area (Å²) in [4.78, 5) is 24.9. The molecule has 0 saturated heterocycles. The van der Waals surface area contributed by atoms with Gasteiger partial charge in [-0.25, -0.2) is 9.97 Å². The molecule has 5 aromatic rings. The number of carbonyl (C=O) groups excluding carboxylic acids is 1. The third kappa shape index (κ3) is 6.30. The zero-order chi connectivity index (χ0) is 27.2. The van der Waals surface area contributed by atoms with Crippen molar-refractivity contribution >= 4 is 34.1 Å². The molecular weight excluding hydrogens is 482 g/mol. The lowest BCUT2D eigenvalue weighted by molar-refractivity contribution is 0.102. The third-order valence-corrected chi connectivity index (χ3v) is 6.66. The van der Waals surface area contributed by atoms with Gasteiger partial charge in [0.15, 0.2) is 0 Å². The fourth-order valence-electron chi connectivity index (χ4n) is 4.65. The Labute approximate surface area is 229 Å². The summed E-state index contributed by atoms with van der Waals surface area (Å²) < 4.78 is 0. The highest BCUT2D eigenvalue weighted by Gasteiger charge is 2.12. The Kier molecular flexibility index (Phi) is 7.94. The van der Waals surface area contributed by atoms with Crippen molar-refractivity contribution in [2.45, 2.75) is 26.8 Å². The molecule has 6 heteroatoms. The van der Waals surface area contributed by atoms with E-state index < -0.39 is 0 Å². The Morgan fingerprint density at radius 1 is 0.872 bits per heavy atom. The normalized spacial score (nSPS) is 11.1. The maximum atomic E-state index is 13.1. The first-order valence-corrected chi connectivity index (χ1v) is 13.3. The van der Waals surface area contributed by atoms with Gasteiger partial charge in [-0.2, -0.15) is 0 Å². The van der Waals surface area contributed by atoms with E-state index in [4.69, 9.17) is 9.97 Å². The molecule has 1 heterocycles. The van der Waals surface area contributed by atoms with Crippen LogP contribution in [0.5, 0.6) is 0 Å². The Hall–Kier alpha value is -4.55. The minimum atomic E-state index is -0.142. The number of para-hydroxylation sites is 1.